The average Bonchev–Trinajstić information content (AvgIpc) is 2.33. The molecule has 1 N–H and O–H groups in total. The zero-order valence-corrected chi connectivity index (χ0v) is 11.1. The van der Waals surface area contributed by atoms with E-state index in [-0.39, 0.29) is 19.1 Å². The Bertz CT molecular complexity index is 281. The van der Waals surface area contributed by atoms with Crippen LogP contribution in [0.2, 0.25) is 0 Å². The van der Waals surface area contributed by atoms with Crippen LogP contribution in [-0.4, -0.2) is 67.3 Å². The number of methoxy groups -OCH3 is 1. The standard InChI is InChI=1S/C12H22N2O4/c1-4-5-6-7-13(2)12(17)14(8-9-18-3)10-11(15)16/h4H,1,5-10H2,2-3H3,(H,15,16). The lowest BCUT2D eigenvalue weighted by atomic mass is 10.3. The Kier molecular flexibility index (Phi) is 8.65. The highest BCUT2D eigenvalue weighted by molar-refractivity contribution is 5.80. The van der Waals surface area contributed by atoms with Crippen LogP contribution >= 0.6 is 0 Å². The van der Waals surface area contributed by atoms with Crippen molar-refractivity contribution in [2.75, 3.05) is 40.4 Å². The summed E-state index contributed by atoms with van der Waals surface area (Å²) in [4.78, 5) is 25.5. The number of ether oxygens (including phenoxy) is 1. The molecule has 6 heteroatoms. The van der Waals surface area contributed by atoms with Gasteiger partial charge in [0.1, 0.15) is 6.54 Å². The van der Waals surface area contributed by atoms with Gasteiger partial charge in [-0.2, -0.15) is 0 Å². The van der Waals surface area contributed by atoms with Crippen molar-refractivity contribution >= 4 is 12.0 Å². The molecular weight excluding hydrogens is 236 g/mol. The van der Waals surface area contributed by atoms with E-state index in [0.717, 1.165) is 12.8 Å². The third-order valence-electron chi connectivity index (χ3n) is 2.39. The second-order valence-electron chi connectivity index (χ2n) is 3.94. The maximum absolute atomic E-state index is 12.0. The summed E-state index contributed by atoms with van der Waals surface area (Å²) in [5.41, 5.74) is 0. The minimum atomic E-state index is -1.03. The first-order valence-electron chi connectivity index (χ1n) is 5.84. The number of hydrogen-bond acceptors (Lipinski definition) is 3. The summed E-state index contributed by atoms with van der Waals surface area (Å²) in [6, 6.07) is -0.293. The molecule has 0 aliphatic rings. The molecule has 0 spiro atoms. The zero-order valence-electron chi connectivity index (χ0n) is 11.1. The maximum atomic E-state index is 12.0. The van der Waals surface area contributed by atoms with E-state index in [0.29, 0.717) is 13.2 Å². The number of carbonyl (C=O) groups excluding carboxylic acids is 1. The van der Waals surface area contributed by atoms with Gasteiger partial charge in [0, 0.05) is 27.2 Å². The van der Waals surface area contributed by atoms with Crippen molar-refractivity contribution in [3.8, 4) is 0 Å². The largest absolute Gasteiger partial charge is 0.480 e. The lowest BCUT2D eigenvalue weighted by Crippen LogP contribution is -2.45. The number of aliphatic carboxylic acids is 1. The summed E-state index contributed by atoms with van der Waals surface area (Å²) in [5.74, 6) is -1.03. The topological polar surface area (TPSA) is 70.1 Å². The number of carbonyl (C=O) groups is 2. The third kappa shape index (κ3) is 6.90. The molecule has 0 unspecified atom stereocenters. The number of hydrogen-bond donors (Lipinski definition) is 1. The van der Waals surface area contributed by atoms with Gasteiger partial charge in [-0.25, -0.2) is 4.79 Å². The first kappa shape index (κ1) is 16.4. The molecule has 6 nitrogen and oxygen atoms in total. The van der Waals surface area contributed by atoms with Gasteiger partial charge in [0.15, 0.2) is 0 Å². The molecule has 0 atom stereocenters. The summed E-state index contributed by atoms with van der Waals surface area (Å²) < 4.78 is 4.86. The van der Waals surface area contributed by atoms with E-state index >= 15 is 0 Å². The van der Waals surface area contributed by atoms with Crippen LogP contribution in [0.4, 0.5) is 4.79 Å². The van der Waals surface area contributed by atoms with E-state index in [1.807, 2.05) is 0 Å². The second kappa shape index (κ2) is 9.47. The lowest BCUT2D eigenvalue weighted by Gasteiger charge is -2.26. The molecule has 0 radical (unpaired) electrons. The van der Waals surface area contributed by atoms with Crippen LogP contribution in [0, 0.1) is 0 Å². The predicted octanol–water partition coefficient (Wildman–Crippen LogP) is 1.04. The van der Waals surface area contributed by atoms with Gasteiger partial charge < -0.3 is 19.6 Å². The third-order valence-corrected chi connectivity index (χ3v) is 2.39. The Morgan fingerprint density at radius 2 is 2.06 bits per heavy atom. The first-order chi connectivity index (χ1) is 8.52. The van der Waals surface area contributed by atoms with Crippen LogP contribution in [0.15, 0.2) is 12.7 Å². The minimum Gasteiger partial charge on any atom is -0.480 e. The molecule has 0 saturated carbocycles. The number of rotatable bonds is 9. The quantitative estimate of drug-likeness (QED) is 0.495. The lowest BCUT2D eigenvalue weighted by molar-refractivity contribution is -0.137. The molecule has 18 heavy (non-hydrogen) atoms. The Morgan fingerprint density at radius 3 is 2.56 bits per heavy atom. The van der Waals surface area contributed by atoms with E-state index in [9.17, 15) is 9.59 Å². The number of carboxylic acids is 1. The second-order valence-corrected chi connectivity index (χ2v) is 3.94. The van der Waals surface area contributed by atoms with Gasteiger partial charge >= 0.3 is 12.0 Å². The Labute approximate surface area is 108 Å². The van der Waals surface area contributed by atoms with E-state index < -0.39 is 5.97 Å². The SMILES string of the molecule is C=CCCCN(C)C(=O)N(CCOC)CC(=O)O. The predicted molar refractivity (Wildman–Crippen MR) is 68.5 cm³/mol. The van der Waals surface area contributed by atoms with Crippen LogP contribution in [0.1, 0.15) is 12.8 Å². The normalized spacial score (nSPS) is 9.89. The van der Waals surface area contributed by atoms with Gasteiger partial charge in [-0.05, 0) is 12.8 Å². The van der Waals surface area contributed by atoms with Crippen molar-refractivity contribution in [3.63, 3.8) is 0 Å². The fourth-order valence-corrected chi connectivity index (χ4v) is 1.42. The van der Waals surface area contributed by atoms with Crippen molar-refractivity contribution in [1.29, 1.82) is 0 Å². The van der Waals surface area contributed by atoms with Gasteiger partial charge in [-0.15, -0.1) is 6.58 Å². The van der Waals surface area contributed by atoms with Crippen molar-refractivity contribution in [1.82, 2.24) is 9.80 Å². The minimum absolute atomic E-state index is 0.271. The molecule has 0 aliphatic heterocycles. The molecule has 0 fully saturated rings. The molecule has 0 aromatic carbocycles. The smallest absolute Gasteiger partial charge is 0.323 e. The molecular formula is C12H22N2O4. The van der Waals surface area contributed by atoms with Crippen molar-refractivity contribution < 1.29 is 19.4 Å². The van der Waals surface area contributed by atoms with Gasteiger partial charge in [-0.3, -0.25) is 4.79 Å². The van der Waals surface area contributed by atoms with E-state index in [1.54, 1.807) is 13.1 Å². The van der Waals surface area contributed by atoms with E-state index in [1.165, 1.54) is 16.9 Å². The molecule has 0 aliphatic carbocycles. The van der Waals surface area contributed by atoms with Gasteiger partial charge in [0.05, 0.1) is 6.61 Å². The molecule has 0 aromatic rings. The van der Waals surface area contributed by atoms with Crippen LogP contribution < -0.4 is 0 Å². The highest BCUT2D eigenvalue weighted by Crippen LogP contribution is 2.00. The Hall–Kier alpha value is -1.56. The summed E-state index contributed by atoms with van der Waals surface area (Å²) in [6.45, 7) is 4.47. The van der Waals surface area contributed by atoms with Crippen LogP contribution in [0.3, 0.4) is 0 Å². The Morgan fingerprint density at radius 1 is 1.39 bits per heavy atom. The molecule has 0 rings (SSSR count). The summed E-state index contributed by atoms with van der Waals surface area (Å²) in [7, 11) is 3.17. The number of allylic oxidation sites excluding steroid dienone is 1. The number of urea groups is 1. The number of unbranched alkanes of at least 4 members (excludes halogenated alkanes) is 1. The van der Waals surface area contributed by atoms with Gasteiger partial charge in [0.2, 0.25) is 0 Å². The number of carboxylic acid groups (broad SMARTS) is 1. The van der Waals surface area contributed by atoms with Crippen LogP contribution in [-0.2, 0) is 9.53 Å². The molecule has 0 aromatic heterocycles. The van der Waals surface area contributed by atoms with Crippen molar-refractivity contribution in [3.05, 3.63) is 12.7 Å². The van der Waals surface area contributed by atoms with E-state index in [4.69, 9.17) is 9.84 Å². The van der Waals surface area contributed by atoms with Crippen LogP contribution in [0.25, 0.3) is 0 Å². The van der Waals surface area contributed by atoms with Crippen LogP contribution in [0.5, 0.6) is 0 Å². The van der Waals surface area contributed by atoms with Gasteiger partial charge in [-0.1, -0.05) is 6.08 Å². The monoisotopic (exact) mass is 258 g/mol. The zero-order chi connectivity index (χ0) is 14.0. The summed E-state index contributed by atoms with van der Waals surface area (Å²) in [6.07, 6.45) is 3.43. The molecule has 0 heterocycles. The average molecular weight is 258 g/mol. The first-order valence-corrected chi connectivity index (χ1v) is 5.84. The van der Waals surface area contributed by atoms with E-state index in [2.05, 4.69) is 6.58 Å². The molecule has 0 saturated heterocycles. The Balaban J connectivity index is 4.32. The summed E-state index contributed by atoms with van der Waals surface area (Å²) >= 11 is 0. The van der Waals surface area contributed by atoms with Crippen molar-refractivity contribution in [2.45, 2.75) is 12.8 Å². The number of nitrogens with zero attached hydrogens (tertiary/aromatic N) is 2. The maximum Gasteiger partial charge on any atom is 0.323 e. The number of amides is 2. The fourth-order valence-electron chi connectivity index (χ4n) is 1.42. The highest BCUT2D eigenvalue weighted by Gasteiger charge is 2.19. The molecule has 104 valence electrons. The summed E-state index contributed by atoms with van der Waals surface area (Å²) in [5, 5.41) is 8.76. The molecule has 2 amide bonds. The van der Waals surface area contributed by atoms with Crippen molar-refractivity contribution in [2.24, 2.45) is 0 Å². The fraction of sp³-hybridized carbons (Fsp3) is 0.667. The highest BCUT2D eigenvalue weighted by atomic mass is 16.5. The molecule has 0 bridgehead atoms. The van der Waals surface area contributed by atoms with Gasteiger partial charge in [0.25, 0.3) is 0 Å².